The van der Waals surface area contributed by atoms with Crippen LogP contribution in [-0.4, -0.2) is 41.8 Å². The van der Waals surface area contributed by atoms with Gasteiger partial charge < -0.3 is 20.1 Å². The second-order valence-electron chi connectivity index (χ2n) is 7.85. The summed E-state index contributed by atoms with van der Waals surface area (Å²) in [5, 5.41) is 0. The van der Waals surface area contributed by atoms with E-state index < -0.39 is 5.60 Å². The van der Waals surface area contributed by atoms with Crippen LogP contribution in [0.15, 0.2) is 24.3 Å². The van der Waals surface area contributed by atoms with E-state index in [9.17, 15) is 4.79 Å². The van der Waals surface area contributed by atoms with Gasteiger partial charge in [-0.25, -0.2) is 4.79 Å². The van der Waals surface area contributed by atoms with E-state index in [2.05, 4.69) is 6.92 Å². The SMILES string of the molecule is CC[C@@H]1C[C@H](N)C[C@H](Cc2ccccc2OC)N1C(=O)OC(C)(C)C. The normalized spacial score (nSPS) is 24.1. The molecule has 0 saturated carbocycles. The fourth-order valence-corrected chi connectivity index (χ4v) is 3.60. The Labute approximate surface area is 151 Å². The molecule has 1 aliphatic rings. The van der Waals surface area contributed by atoms with Crippen LogP contribution in [0.25, 0.3) is 0 Å². The van der Waals surface area contributed by atoms with Crippen LogP contribution in [0.3, 0.4) is 0 Å². The highest BCUT2D eigenvalue weighted by molar-refractivity contribution is 5.69. The topological polar surface area (TPSA) is 64.8 Å². The molecule has 5 nitrogen and oxygen atoms in total. The maximum absolute atomic E-state index is 12.9. The van der Waals surface area contributed by atoms with Crippen molar-refractivity contribution in [3.63, 3.8) is 0 Å². The zero-order valence-electron chi connectivity index (χ0n) is 16.1. The van der Waals surface area contributed by atoms with E-state index in [0.717, 1.165) is 30.6 Å². The van der Waals surface area contributed by atoms with E-state index in [-0.39, 0.29) is 24.2 Å². The summed E-state index contributed by atoms with van der Waals surface area (Å²) in [6, 6.07) is 8.17. The summed E-state index contributed by atoms with van der Waals surface area (Å²) in [5.74, 6) is 0.846. The van der Waals surface area contributed by atoms with E-state index in [4.69, 9.17) is 15.2 Å². The van der Waals surface area contributed by atoms with E-state index in [1.165, 1.54) is 0 Å². The molecule has 1 aromatic carbocycles. The van der Waals surface area contributed by atoms with Crippen LogP contribution in [0.1, 0.15) is 52.5 Å². The zero-order valence-corrected chi connectivity index (χ0v) is 16.1. The molecule has 1 aromatic rings. The number of hydrogen-bond acceptors (Lipinski definition) is 4. The monoisotopic (exact) mass is 348 g/mol. The van der Waals surface area contributed by atoms with E-state index in [1.807, 2.05) is 49.9 Å². The molecule has 0 aromatic heterocycles. The molecule has 2 rings (SSSR count). The lowest BCUT2D eigenvalue weighted by Gasteiger charge is -2.44. The largest absolute Gasteiger partial charge is 0.496 e. The van der Waals surface area contributed by atoms with Gasteiger partial charge in [-0.1, -0.05) is 25.1 Å². The van der Waals surface area contributed by atoms with Crippen LogP contribution >= 0.6 is 0 Å². The predicted molar refractivity (Wildman–Crippen MR) is 99.8 cm³/mol. The van der Waals surface area contributed by atoms with Gasteiger partial charge in [-0.05, 0) is 58.1 Å². The summed E-state index contributed by atoms with van der Waals surface area (Å²) in [7, 11) is 1.67. The molecule has 25 heavy (non-hydrogen) atoms. The molecule has 140 valence electrons. The standard InChI is InChI=1S/C20H32N2O3/c1-6-16-12-15(21)13-17(22(16)19(23)25-20(2,3)4)11-14-9-7-8-10-18(14)24-5/h7-10,15-17H,6,11-13,21H2,1-5H3/t15-,16+,17-/m0/s1. The van der Waals surface area contributed by atoms with Gasteiger partial charge in [-0.15, -0.1) is 0 Å². The van der Waals surface area contributed by atoms with E-state index in [1.54, 1.807) is 7.11 Å². The second-order valence-corrected chi connectivity index (χ2v) is 7.85. The minimum atomic E-state index is -0.510. The molecule has 5 heteroatoms. The van der Waals surface area contributed by atoms with Crippen molar-refractivity contribution >= 4 is 6.09 Å². The summed E-state index contributed by atoms with van der Waals surface area (Å²) in [6.07, 6.45) is 2.93. The highest BCUT2D eigenvalue weighted by Gasteiger charge is 2.39. The summed E-state index contributed by atoms with van der Waals surface area (Å²) in [6.45, 7) is 7.80. The molecule has 0 unspecified atom stereocenters. The predicted octanol–water partition coefficient (Wildman–Crippen LogP) is 3.74. The van der Waals surface area contributed by atoms with Crippen LogP contribution in [0.4, 0.5) is 4.79 Å². The minimum Gasteiger partial charge on any atom is -0.496 e. The molecule has 1 saturated heterocycles. The third kappa shape index (κ3) is 5.11. The Morgan fingerprint density at radius 1 is 1.24 bits per heavy atom. The number of hydrogen-bond donors (Lipinski definition) is 1. The van der Waals surface area contributed by atoms with Gasteiger partial charge in [-0.3, -0.25) is 0 Å². The highest BCUT2D eigenvalue weighted by Crippen LogP contribution is 2.30. The zero-order chi connectivity index (χ0) is 18.6. The summed E-state index contributed by atoms with van der Waals surface area (Å²) in [5.41, 5.74) is 6.88. The van der Waals surface area contributed by atoms with Gasteiger partial charge in [-0.2, -0.15) is 0 Å². The van der Waals surface area contributed by atoms with Crippen molar-refractivity contribution < 1.29 is 14.3 Å². The number of ether oxygens (including phenoxy) is 2. The van der Waals surface area contributed by atoms with Crippen LogP contribution in [0.5, 0.6) is 5.75 Å². The van der Waals surface area contributed by atoms with Gasteiger partial charge in [0.2, 0.25) is 0 Å². The van der Waals surface area contributed by atoms with Crippen molar-refractivity contribution in [1.29, 1.82) is 0 Å². The average Bonchev–Trinajstić information content (AvgIpc) is 2.52. The van der Waals surface area contributed by atoms with Crippen LogP contribution < -0.4 is 10.5 Å². The Hall–Kier alpha value is -1.75. The number of methoxy groups -OCH3 is 1. The molecule has 3 atom stereocenters. The quantitative estimate of drug-likeness (QED) is 0.900. The molecule has 0 spiro atoms. The lowest BCUT2D eigenvalue weighted by Crippen LogP contribution is -2.56. The third-order valence-corrected chi connectivity index (χ3v) is 4.66. The molecular formula is C20H32N2O3. The van der Waals surface area contributed by atoms with Gasteiger partial charge in [0, 0.05) is 18.1 Å². The van der Waals surface area contributed by atoms with E-state index in [0.29, 0.717) is 6.42 Å². The fraction of sp³-hybridized carbons (Fsp3) is 0.650. The molecular weight excluding hydrogens is 316 g/mol. The molecule has 1 amide bonds. The molecule has 1 fully saturated rings. The van der Waals surface area contributed by atoms with E-state index >= 15 is 0 Å². The number of para-hydroxylation sites is 1. The number of amides is 1. The van der Waals surface area contributed by atoms with Crippen molar-refractivity contribution in [2.45, 2.75) is 77.1 Å². The Morgan fingerprint density at radius 3 is 2.48 bits per heavy atom. The molecule has 0 bridgehead atoms. The summed E-state index contributed by atoms with van der Waals surface area (Å²) < 4.78 is 11.2. The molecule has 0 radical (unpaired) electrons. The number of carbonyl (C=O) groups is 1. The van der Waals surface area contributed by atoms with Gasteiger partial charge in [0.25, 0.3) is 0 Å². The van der Waals surface area contributed by atoms with Gasteiger partial charge in [0.05, 0.1) is 7.11 Å². The summed E-state index contributed by atoms with van der Waals surface area (Å²) >= 11 is 0. The van der Waals surface area contributed by atoms with Gasteiger partial charge in [0.15, 0.2) is 0 Å². The van der Waals surface area contributed by atoms with Crippen molar-refractivity contribution in [3.8, 4) is 5.75 Å². The summed E-state index contributed by atoms with van der Waals surface area (Å²) in [4.78, 5) is 14.8. The van der Waals surface area contributed by atoms with Crippen molar-refractivity contribution in [1.82, 2.24) is 4.90 Å². The van der Waals surface area contributed by atoms with Crippen molar-refractivity contribution in [3.05, 3.63) is 29.8 Å². The number of nitrogens with zero attached hydrogens (tertiary/aromatic N) is 1. The first-order chi connectivity index (χ1) is 11.7. The Bertz CT molecular complexity index is 583. The number of carbonyl (C=O) groups excluding carboxylic acids is 1. The third-order valence-electron chi connectivity index (χ3n) is 4.66. The van der Waals surface area contributed by atoms with Crippen LogP contribution in [0, 0.1) is 0 Å². The molecule has 1 heterocycles. The molecule has 1 aliphatic heterocycles. The maximum Gasteiger partial charge on any atom is 0.410 e. The smallest absolute Gasteiger partial charge is 0.410 e. The van der Waals surface area contributed by atoms with Crippen LogP contribution in [0.2, 0.25) is 0 Å². The number of piperidine rings is 1. The molecule has 2 N–H and O–H groups in total. The lowest BCUT2D eigenvalue weighted by atomic mass is 9.87. The Balaban J connectivity index is 2.28. The second kappa shape index (κ2) is 8.09. The van der Waals surface area contributed by atoms with Gasteiger partial charge >= 0.3 is 6.09 Å². The van der Waals surface area contributed by atoms with Crippen molar-refractivity contribution in [2.75, 3.05) is 7.11 Å². The number of rotatable bonds is 4. The van der Waals surface area contributed by atoms with Crippen LogP contribution in [-0.2, 0) is 11.2 Å². The lowest BCUT2D eigenvalue weighted by molar-refractivity contribution is -0.00843. The first-order valence-corrected chi connectivity index (χ1v) is 9.14. The van der Waals surface area contributed by atoms with Crippen molar-refractivity contribution in [2.24, 2.45) is 5.73 Å². The highest BCUT2D eigenvalue weighted by atomic mass is 16.6. The Morgan fingerprint density at radius 2 is 1.88 bits per heavy atom. The van der Waals surface area contributed by atoms with Gasteiger partial charge in [0.1, 0.15) is 11.4 Å². The number of likely N-dealkylation sites (tertiary alicyclic amines) is 1. The minimum absolute atomic E-state index is 0.0137. The fourth-order valence-electron chi connectivity index (χ4n) is 3.60. The molecule has 0 aliphatic carbocycles. The Kier molecular flexibility index (Phi) is 6.33. The number of nitrogens with two attached hydrogens (primary N) is 1. The number of benzene rings is 1. The average molecular weight is 348 g/mol. The first kappa shape index (κ1) is 19.6. The maximum atomic E-state index is 12.9. The first-order valence-electron chi connectivity index (χ1n) is 9.14.